The summed E-state index contributed by atoms with van der Waals surface area (Å²) in [6, 6.07) is 12.6. The average molecular weight is 255 g/mol. The number of nitrogens with zero attached hydrogens (tertiary/aromatic N) is 1. The summed E-state index contributed by atoms with van der Waals surface area (Å²) in [5.41, 5.74) is 2.56. The lowest BCUT2D eigenvalue weighted by Crippen LogP contribution is -2.08. The van der Waals surface area contributed by atoms with Crippen LogP contribution in [-0.2, 0) is 0 Å². The molecule has 0 aliphatic rings. The number of fused-ring (bicyclic) bond motifs is 1. The molecule has 96 valence electrons. The number of halogens is 1. The minimum absolute atomic E-state index is 0.0958. The van der Waals surface area contributed by atoms with Crippen molar-refractivity contribution in [2.24, 2.45) is 0 Å². The van der Waals surface area contributed by atoms with Gasteiger partial charge in [0.05, 0.1) is 17.8 Å². The molecule has 0 aliphatic carbocycles. The minimum Gasteiger partial charge on any atom is -0.378 e. The van der Waals surface area contributed by atoms with Gasteiger partial charge in [-0.1, -0.05) is 18.2 Å². The molecule has 2 N–H and O–H groups in total. The number of hydrogen-bond acceptors (Lipinski definition) is 2. The summed E-state index contributed by atoms with van der Waals surface area (Å²) in [5.74, 6) is -0.190. The van der Waals surface area contributed by atoms with E-state index in [0.717, 1.165) is 16.6 Å². The molecule has 0 radical (unpaired) electrons. The summed E-state index contributed by atoms with van der Waals surface area (Å²) in [6.07, 6.45) is 1.78. The standard InChI is InChI=1S/C15H14FN3/c1-10(13-4-2-3-5-14(13)16)18-12-7-6-11-9-17-19-15(11)8-12/h2-10,18H,1H3,(H,17,19). The van der Waals surface area contributed by atoms with Crippen molar-refractivity contribution in [2.45, 2.75) is 13.0 Å². The van der Waals surface area contributed by atoms with E-state index >= 15 is 0 Å². The lowest BCUT2D eigenvalue weighted by molar-refractivity contribution is 0.600. The number of aromatic nitrogens is 2. The van der Waals surface area contributed by atoms with Gasteiger partial charge in [0.25, 0.3) is 0 Å². The third-order valence-electron chi connectivity index (χ3n) is 3.20. The third-order valence-corrected chi connectivity index (χ3v) is 3.20. The van der Waals surface area contributed by atoms with Crippen LogP contribution in [0.5, 0.6) is 0 Å². The molecule has 0 aliphatic heterocycles. The summed E-state index contributed by atoms with van der Waals surface area (Å²) in [7, 11) is 0. The molecule has 0 saturated carbocycles. The van der Waals surface area contributed by atoms with Gasteiger partial charge >= 0.3 is 0 Å². The number of hydrogen-bond donors (Lipinski definition) is 2. The van der Waals surface area contributed by atoms with Crippen molar-refractivity contribution in [3.05, 3.63) is 60.0 Å². The lowest BCUT2D eigenvalue weighted by Gasteiger charge is -2.16. The van der Waals surface area contributed by atoms with Crippen molar-refractivity contribution in [2.75, 3.05) is 5.32 Å². The van der Waals surface area contributed by atoms with E-state index in [1.54, 1.807) is 18.3 Å². The number of aromatic amines is 1. The van der Waals surface area contributed by atoms with Crippen molar-refractivity contribution in [3.63, 3.8) is 0 Å². The molecule has 19 heavy (non-hydrogen) atoms. The quantitative estimate of drug-likeness (QED) is 0.745. The van der Waals surface area contributed by atoms with Crippen molar-refractivity contribution in [1.29, 1.82) is 0 Å². The average Bonchev–Trinajstić information content (AvgIpc) is 2.86. The molecule has 2 aromatic carbocycles. The Hall–Kier alpha value is -2.36. The molecule has 3 aromatic rings. The molecule has 0 bridgehead atoms. The molecule has 3 rings (SSSR count). The zero-order valence-electron chi connectivity index (χ0n) is 10.5. The molecule has 1 aromatic heterocycles. The van der Waals surface area contributed by atoms with Gasteiger partial charge in [0.2, 0.25) is 0 Å². The monoisotopic (exact) mass is 255 g/mol. The molecule has 1 unspecified atom stereocenters. The Bertz CT molecular complexity index is 705. The van der Waals surface area contributed by atoms with Crippen molar-refractivity contribution in [3.8, 4) is 0 Å². The fourth-order valence-electron chi connectivity index (χ4n) is 2.18. The molecular weight excluding hydrogens is 241 g/mol. The van der Waals surface area contributed by atoms with Gasteiger partial charge in [-0.2, -0.15) is 5.10 Å². The van der Waals surface area contributed by atoms with Crippen LogP contribution < -0.4 is 5.32 Å². The predicted octanol–water partition coefficient (Wildman–Crippen LogP) is 3.88. The number of benzene rings is 2. The van der Waals surface area contributed by atoms with Crippen LogP contribution in [-0.4, -0.2) is 10.2 Å². The normalized spacial score (nSPS) is 12.5. The Labute approximate surface area is 110 Å². The van der Waals surface area contributed by atoms with Crippen molar-refractivity contribution >= 4 is 16.6 Å². The van der Waals surface area contributed by atoms with Crippen molar-refractivity contribution < 1.29 is 4.39 Å². The lowest BCUT2D eigenvalue weighted by atomic mass is 10.1. The van der Waals surface area contributed by atoms with Gasteiger partial charge in [0.15, 0.2) is 0 Å². The van der Waals surface area contributed by atoms with Crippen LogP contribution in [0.1, 0.15) is 18.5 Å². The van der Waals surface area contributed by atoms with E-state index in [4.69, 9.17) is 0 Å². The SMILES string of the molecule is CC(Nc1ccc2cn[nH]c2c1)c1ccccc1F. The van der Waals surface area contributed by atoms with Crippen LogP contribution in [0.15, 0.2) is 48.7 Å². The summed E-state index contributed by atoms with van der Waals surface area (Å²) in [5, 5.41) is 11.3. The second-order valence-corrected chi connectivity index (χ2v) is 4.56. The highest BCUT2D eigenvalue weighted by molar-refractivity contribution is 5.81. The topological polar surface area (TPSA) is 40.7 Å². The largest absolute Gasteiger partial charge is 0.378 e. The number of anilines is 1. The maximum absolute atomic E-state index is 13.7. The van der Waals surface area contributed by atoms with Crippen LogP contribution in [0.2, 0.25) is 0 Å². The second-order valence-electron chi connectivity index (χ2n) is 4.56. The van der Waals surface area contributed by atoms with Gasteiger partial charge in [-0.3, -0.25) is 5.10 Å². The molecule has 0 saturated heterocycles. The fourth-order valence-corrected chi connectivity index (χ4v) is 2.18. The molecule has 0 spiro atoms. The Balaban J connectivity index is 1.86. The van der Waals surface area contributed by atoms with E-state index < -0.39 is 0 Å². The highest BCUT2D eigenvalue weighted by Crippen LogP contribution is 2.23. The van der Waals surface area contributed by atoms with Gasteiger partial charge < -0.3 is 5.32 Å². The van der Waals surface area contributed by atoms with Crippen molar-refractivity contribution in [1.82, 2.24) is 10.2 Å². The number of rotatable bonds is 3. The first-order valence-electron chi connectivity index (χ1n) is 6.18. The molecule has 1 atom stereocenters. The Kier molecular flexibility index (Phi) is 2.91. The molecule has 0 fully saturated rings. The van der Waals surface area contributed by atoms with E-state index in [1.165, 1.54) is 6.07 Å². The summed E-state index contributed by atoms with van der Waals surface area (Å²) < 4.78 is 13.7. The Morgan fingerprint density at radius 2 is 2.05 bits per heavy atom. The number of nitrogens with one attached hydrogen (secondary N) is 2. The summed E-state index contributed by atoms with van der Waals surface area (Å²) in [4.78, 5) is 0. The fraction of sp³-hybridized carbons (Fsp3) is 0.133. The zero-order valence-corrected chi connectivity index (χ0v) is 10.5. The predicted molar refractivity (Wildman–Crippen MR) is 74.5 cm³/mol. The van der Waals surface area contributed by atoms with Gasteiger partial charge in [0, 0.05) is 16.6 Å². The summed E-state index contributed by atoms with van der Waals surface area (Å²) in [6.45, 7) is 1.94. The highest BCUT2D eigenvalue weighted by Gasteiger charge is 2.10. The minimum atomic E-state index is -0.190. The smallest absolute Gasteiger partial charge is 0.128 e. The maximum Gasteiger partial charge on any atom is 0.128 e. The van der Waals surface area contributed by atoms with Gasteiger partial charge in [0.1, 0.15) is 5.82 Å². The maximum atomic E-state index is 13.7. The number of H-pyrrole nitrogens is 1. The van der Waals surface area contributed by atoms with Gasteiger partial charge in [-0.15, -0.1) is 0 Å². The van der Waals surface area contributed by atoms with E-state index in [-0.39, 0.29) is 11.9 Å². The molecule has 4 heteroatoms. The second kappa shape index (κ2) is 4.72. The zero-order chi connectivity index (χ0) is 13.2. The first-order valence-corrected chi connectivity index (χ1v) is 6.18. The van der Waals surface area contributed by atoms with E-state index in [0.29, 0.717) is 5.56 Å². The summed E-state index contributed by atoms with van der Waals surface area (Å²) >= 11 is 0. The van der Waals surface area contributed by atoms with E-state index in [9.17, 15) is 4.39 Å². The molecular formula is C15H14FN3. The molecule has 3 nitrogen and oxygen atoms in total. The van der Waals surface area contributed by atoms with E-state index in [2.05, 4.69) is 15.5 Å². The van der Waals surface area contributed by atoms with Crippen LogP contribution in [0.25, 0.3) is 10.9 Å². The van der Waals surface area contributed by atoms with Gasteiger partial charge in [-0.25, -0.2) is 4.39 Å². The molecule has 1 heterocycles. The van der Waals surface area contributed by atoms with E-state index in [1.807, 2.05) is 31.2 Å². The first kappa shape index (κ1) is 11.7. The highest BCUT2D eigenvalue weighted by atomic mass is 19.1. The Morgan fingerprint density at radius 3 is 2.89 bits per heavy atom. The van der Waals surface area contributed by atoms with Crippen LogP contribution in [0.4, 0.5) is 10.1 Å². The Morgan fingerprint density at radius 1 is 1.21 bits per heavy atom. The third kappa shape index (κ3) is 2.29. The van der Waals surface area contributed by atoms with Crippen LogP contribution in [0.3, 0.4) is 0 Å². The van der Waals surface area contributed by atoms with Crippen LogP contribution in [0, 0.1) is 5.82 Å². The van der Waals surface area contributed by atoms with Gasteiger partial charge in [-0.05, 0) is 31.2 Å². The van der Waals surface area contributed by atoms with Crippen LogP contribution >= 0.6 is 0 Å². The molecule has 0 amide bonds. The first-order chi connectivity index (χ1) is 9.24.